The highest BCUT2D eigenvalue weighted by molar-refractivity contribution is 5.31. The number of ether oxygens (including phenoxy) is 1. The summed E-state index contributed by atoms with van der Waals surface area (Å²) >= 11 is 0. The van der Waals surface area contributed by atoms with Crippen LogP contribution in [0.25, 0.3) is 0 Å². The molecule has 0 bridgehead atoms. The lowest BCUT2D eigenvalue weighted by Crippen LogP contribution is -2.24. The highest BCUT2D eigenvalue weighted by atomic mass is 19.3. The molecule has 0 aliphatic heterocycles. The number of benzene rings is 2. The van der Waals surface area contributed by atoms with E-state index in [4.69, 9.17) is 4.74 Å². The molecule has 0 amide bonds. The van der Waals surface area contributed by atoms with Gasteiger partial charge in [-0.1, -0.05) is 31.9 Å². The van der Waals surface area contributed by atoms with Crippen LogP contribution in [-0.4, -0.2) is 0 Å². The van der Waals surface area contributed by atoms with E-state index in [-0.39, 0.29) is 5.75 Å². The molecule has 2 fully saturated rings. The Morgan fingerprint density at radius 1 is 0.742 bits per heavy atom. The first-order valence-electron chi connectivity index (χ1n) is 11.4. The van der Waals surface area contributed by atoms with Gasteiger partial charge < -0.3 is 4.74 Å². The van der Waals surface area contributed by atoms with Crippen LogP contribution in [0.15, 0.2) is 42.5 Å². The molecular formula is C26H30F4O. The van der Waals surface area contributed by atoms with Crippen molar-refractivity contribution in [2.45, 2.75) is 70.3 Å². The van der Waals surface area contributed by atoms with Crippen molar-refractivity contribution < 1.29 is 22.3 Å². The quantitative estimate of drug-likeness (QED) is 0.431. The number of alkyl halides is 2. The van der Waals surface area contributed by atoms with Gasteiger partial charge in [0.2, 0.25) is 0 Å². The van der Waals surface area contributed by atoms with Crippen LogP contribution < -0.4 is 4.74 Å². The van der Waals surface area contributed by atoms with Gasteiger partial charge in [0.1, 0.15) is 5.75 Å². The van der Waals surface area contributed by atoms with E-state index in [0.717, 1.165) is 42.2 Å². The van der Waals surface area contributed by atoms with Crippen LogP contribution in [0.5, 0.6) is 5.75 Å². The van der Waals surface area contributed by atoms with E-state index in [1.165, 1.54) is 50.7 Å². The molecule has 0 heterocycles. The fraction of sp³-hybridized carbons (Fsp3) is 0.538. The first kappa shape index (κ1) is 22.2. The number of rotatable bonds is 5. The molecule has 2 aliphatic carbocycles. The van der Waals surface area contributed by atoms with Gasteiger partial charge in [0.15, 0.2) is 11.6 Å². The highest BCUT2D eigenvalue weighted by Gasteiger charge is 2.35. The highest BCUT2D eigenvalue weighted by Crippen LogP contribution is 2.44. The van der Waals surface area contributed by atoms with Crippen molar-refractivity contribution in [2.24, 2.45) is 17.8 Å². The summed E-state index contributed by atoms with van der Waals surface area (Å²) < 4.78 is 59.8. The van der Waals surface area contributed by atoms with Crippen LogP contribution in [0.2, 0.25) is 0 Å². The lowest BCUT2D eigenvalue weighted by atomic mass is 9.68. The summed E-state index contributed by atoms with van der Waals surface area (Å²) in [6, 6.07) is 8.76. The molecule has 0 saturated heterocycles. The lowest BCUT2D eigenvalue weighted by Gasteiger charge is -2.37. The van der Waals surface area contributed by atoms with Crippen molar-refractivity contribution in [3.05, 3.63) is 65.2 Å². The van der Waals surface area contributed by atoms with E-state index in [1.54, 1.807) is 0 Å². The van der Waals surface area contributed by atoms with Gasteiger partial charge in [-0.25, -0.2) is 8.78 Å². The van der Waals surface area contributed by atoms with Crippen molar-refractivity contribution in [3.8, 4) is 5.75 Å². The van der Waals surface area contributed by atoms with Gasteiger partial charge in [-0.15, -0.1) is 0 Å². The first-order valence-corrected chi connectivity index (χ1v) is 11.4. The maximum Gasteiger partial charge on any atom is 0.426 e. The van der Waals surface area contributed by atoms with Crippen LogP contribution in [0.4, 0.5) is 17.6 Å². The molecule has 1 nitrogen and oxygen atoms in total. The molecule has 0 atom stereocenters. The summed E-state index contributed by atoms with van der Waals surface area (Å²) in [6.45, 7) is 2.36. The van der Waals surface area contributed by atoms with E-state index < -0.39 is 23.3 Å². The van der Waals surface area contributed by atoms with Crippen molar-refractivity contribution in [3.63, 3.8) is 0 Å². The largest absolute Gasteiger partial charge is 0.429 e. The van der Waals surface area contributed by atoms with E-state index in [0.29, 0.717) is 18.1 Å². The maximum atomic E-state index is 14.3. The Labute approximate surface area is 181 Å². The minimum atomic E-state index is -3.74. The third-order valence-electron chi connectivity index (χ3n) is 7.35. The molecule has 5 heteroatoms. The average molecular weight is 435 g/mol. The molecule has 2 saturated carbocycles. The lowest BCUT2D eigenvalue weighted by molar-refractivity contribution is -0.185. The molecular weight excluding hydrogens is 404 g/mol. The smallest absolute Gasteiger partial charge is 0.426 e. The second-order valence-corrected chi connectivity index (χ2v) is 9.45. The van der Waals surface area contributed by atoms with Crippen LogP contribution in [-0.2, 0) is 6.11 Å². The normalized spacial score (nSPS) is 27.1. The van der Waals surface area contributed by atoms with Crippen molar-refractivity contribution in [1.82, 2.24) is 0 Å². The Bertz CT molecular complexity index is 863. The molecule has 0 spiro atoms. The molecule has 2 aliphatic rings. The fourth-order valence-corrected chi connectivity index (χ4v) is 5.37. The standard InChI is InChI=1S/C26H30F4O/c1-17-2-4-18(5-3-17)19-6-8-20(9-7-19)21-10-13-23(14-11-21)31-26(29,30)22-12-15-24(27)25(28)16-22/h10-20H,2-9H2,1H3. The zero-order valence-electron chi connectivity index (χ0n) is 17.9. The molecule has 4 rings (SSSR count). The monoisotopic (exact) mass is 434 g/mol. The molecule has 2 aromatic carbocycles. The zero-order valence-corrected chi connectivity index (χ0v) is 17.9. The van der Waals surface area contributed by atoms with E-state index in [2.05, 4.69) is 6.92 Å². The second kappa shape index (κ2) is 9.22. The molecule has 31 heavy (non-hydrogen) atoms. The van der Waals surface area contributed by atoms with Gasteiger partial charge in [-0.3, -0.25) is 0 Å². The van der Waals surface area contributed by atoms with Crippen LogP contribution in [0.3, 0.4) is 0 Å². The van der Waals surface area contributed by atoms with Gasteiger partial charge >= 0.3 is 6.11 Å². The Morgan fingerprint density at radius 2 is 1.32 bits per heavy atom. The topological polar surface area (TPSA) is 9.23 Å². The Hall–Kier alpha value is -2.04. The first-order chi connectivity index (χ1) is 14.8. The SMILES string of the molecule is CC1CCC(C2CCC(c3ccc(OC(F)(F)c4ccc(F)c(F)c4)cc3)CC2)CC1. The molecule has 0 aromatic heterocycles. The van der Waals surface area contributed by atoms with Crippen LogP contribution >= 0.6 is 0 Å². The average Bonchev–Trinajstić information content (AvgIpc) is 2.76. The summed E-state index contributed by atoms with van der Waals surface area (Å²) in [5.41, 5.74) is 0.435. The maximum absolute atomic E-state index is 14.3. The van der Waals surface area contributed by atoms with E-state index >= 15 is 0 Å². The second-order valence-electron chi connectivity index (χ2n) is 9.45. The summed E-state index contributed by atoms with van der Waals surface area (Å²) in [5.74, 6) is 0.560. The minimum absolute atomic E-state index is 0.00324. The third kappa shape index (κ3) is 5.24. The predicted octanol–water partition coefficient (Wildman–Crippen LogP) is 8.19. The number of hydrogen-bond acceptors (Lipinski definition) is 1. The van der Waals surface area contributed by atoms with Crippen molar-refractivity contribution in [1.29, 1.82) is 0 Å². The van der Waals surface area contributed by atoms with Gasteiger partial charge in [0, 0.05) is 0 Å². The number of hydrogen-bond donors (Lipinski definition) is 0. The third-order valence-corrected chi connectivity index (χ3v) is 7.35. The Morgan fingerprint density at radius 3 is 1.90 bits per heavy atom. The molecule has 168 valence electrons. The van der Waals surface area contributed by atoms with Gasteiger partial charge in [-0.2, -0.15) is 8.78 Å². The summed E-state index contributed by atoms with van der Waals surface area (Å²) in [6.07, 6.45) is 6.49. The zero-order chi connectivity index (χ0) is 22.0. The Kier molecular flexibility index (Phi) is 6.59. The van der Waals surface area contributed by atoms with Crippen molar-refractivity contribution >= 4 is 0 Å². The summed E-state index contributed by atoms with van der Waals surface area (Å²) in [4.78, 5) is 0. The molecule has 0 radical (unpaired) electrons. The van der Waals surface area contributed by atoms with Gasteiger partial charge in [-0.05, 0) is 98.1 Å². The number of halogens is 4. The van der Waals surface area contributed by atoms with Crippen LogP contribution in [0.1, 0.15) is 75.3 Å². The van der Waals surface area contributed by atoms with Crippen LogP contribution in [0, 0.1) is 29.4 Å². The minimum Gasteiger partial charge on any atom is -0.429 e. The Balaban J connectivity index is 1.33. The van der Waals surface area contributed by atoms with E-state index in [1.807, 2.05) is 12.1 Å². The summed E-state index contributed by atoms with van der Waals surface area (Å²) in [5, 5.41) is 0. The van der Waals surface area contributed by atoms with Crippen molar-refractivity contribution in [2.75, 3.05) is 0 Å². The predicted molar refractivity (Wildman–Crippen MR) is 113 cm³/mol. The molecule has 2 aromatic rings. The molecule has 0 N–H and O–H groups in total. The van der Waals surface area contributed by atoms with Gasteiger partial charge in [0.25, 0.3) is 0 Å². The van der Waals surface area contributed by atoms with E-state index in [9.17, 15) is 17.6 Å². The molecule has 0 unspecified atom stereocenters. The summed E-state index contributed by atoms with van der Waals surface area (Å²) in [7, 11) is 0. The fourth-order valence-electron chi connectivity index (χ4n) is 5.37. The van der Waals surface area contributed by atoms with Gasteiger partial charge in [0.05, 0.1) is 5.56 Å².